The molecule has 0 fully saturated rings. The summed E-state index contributed by atoms with van der Waals surface area (Å²) in [6.07, 6.45) is 1.71. The van der Waals surface area contributed by atoms with Gasteiger partial charge >= 0.3 is 5.97 Å². The molecule has 13 heteroatoms. The number of fused-ring (bicyclic) bond motifs is 1. The summed E-state index contributed by atoms with van der Waals surface area (Å²) in [5, 5.41) is 10.9. The molecule has 1 aliphatic rings. The van der Waals surface area contributed by atoms with Crippen LogP contribution in [0.2, 0.25) is 0 Å². The highest BCUT2D eigenvalue weighted by Gasteiger charge is 2.33. The lowest BCUT2D eigenvalue weighted by atomic mass is 9.96. The molecule has 0 amide bonds. The summed E-state index contributed by atoms with van der Waals surface area (Å²) in [7, 11) is 1.50. The van der Waals surface area contributed by atoms with Crippen LogP contribution < -0.4 is 24.4 Å². The summed E-state index contributed by atoms with van der Waals surface area (Å²) in [5.74, 6) is -0.122. The summed E-state index contributed by atoms with van der Waals surface area (Å²) in [6.45, 7) is 3.68. The van der Waals surface area contributed by atoms with Crippen LogP contribution >= 0.6 is 33.9 Å². The third kappa shape index (κ3) is 6.28. The van der Waals surface area contributed by atoms with Gasteiger partial charge in [-0.2, -0.15) is 0 Å². The number of carbonyl (C=O) groups is 1. The van der Waals surface area contributed by atoms with E-state index in [4.69, 9.17) is 14.2 Å². The number of esters is 1. The van der Waals surface area contributed by atoms with Gasteiger partial charge in [-0.3, -0.25) is 19.5 Å². The SMILES string of the molecule is CCOC(=O)C1=C(C)N=c2s/c(=C\c3cc(I)c(OCc4ccc([N+](=O)[O-])cc4)c(OC)c3)c(=O)n2[C@@H]1c1ccc(F)cc1. The van der Waals surface area contributed by atoms with E-state index in [0.717, 1.165) is 5.56 Å². The van der Waals surface area contributed by atoms with Crippen molar-refractivity contribution in [1.82, 2.24) is 4.57 Å². The van der Waals surface area contributed by atoms with Crippen molar-refractivity contribution < 1.29 is 28.3 Å². The van der Waals surface area contributed by atoms with Crippen molar-refractivity contribution in [2.45, 2.75) is 26.5 Å². The van der Waals surface area contributed by atoms with Crippen molar-refractivity contribution in [2.24, 2.45) is 4.99 Å². The molecule has 5 rings (SSSR count). The first kappa shape index (κ1) is 31.1. The van der Waals surface area contributed by atoms with E-state index in [0.29, 0.717) is 41.2 Å². The number of non-ortho nitro benzene ring substituents is 1. The molecule has 226 valence electrons. The van der Waals surface area contributed by atoms with Gasteiger partial charge in [0, 0.05) is 12.1 Å². The topological polar surface area (TPSA) is 122 Å². The van der Waals surface area contributed by atoms with E-state index in [1.807, 2.05) is 6.07 Å². The number of hydrogen-bond acceptors (Lipinski definition) is 9. The fourth-order valence-electron chi connectivity index (χ4n) is 4.74. The molecule has 2 heterocycles. The van der Waals surface area contributed by atoms with E-state index in [9.17, 15) is 24.1 Å². The number of nitro groups is 1. The zero-order valence-electron chi connectivity index (χ0n) is 23.7. The quantitative estimate of drug-likeness (QED) is 0.103. The number of aromatic nitrogens is 1. The molecule has 0 unspecified atom stereocenters. The molecule has 3 aromatic carbocycles. The van der Waals surface area contributed by atoms with Gasteiger partial charge in [0.2, 0.25) is 0 Å². The minimum atomic E-state index is -0.849. The van der Waals surface area contributed by atoms with Crippen LogP contribution in [0.4, 0.5) is 10.1 Å². The first-order chi connectivity index (χ1) is 21.1. The molecule has 10 nitrogen and oxygen atoms in total. The van der Waals surface area contributed by atoms with Crippen molar-refractivity contribution in [2.75, 3.05) is 13.7 Å². The summed E-state index contributed by atoms with van der Waals surface area (Å²) >= 11 is 3.28. The van der Waals surface area contributed by atoms with Crippen LogP contribution in [0, 0.1) is 19.5 Å². The average Bonchev–Trinajstić information content (AvgIpc) is 3.30. The first-order valence-corrected chi connectivity index (χ1v) is 15.2. The number of benzene rings is 3. The fraction of sp³-hybridized carbons (Fsp3) is 0.194. The minimum Gasteiger partial charge on any atom is -0.493 e. The van der Waals surface area contributed by atoms with Crippen LogP contribution in [-0.4, -0.2) is 29.2 Å². The maximum absolute atomic E-state index is 13.9. The normalized spacial score (nSPS) is 14.6. The lowest BCUT2D eigenvalue weighted by molar-refractivity contribution is -0.384. The minimum absolute atomic E-state index is 0.00759. The molecule has 0 saturated carbocycles. The molecule has 44 heavy (non-hydrogen) atoms. The summed E-state index contributed by atoms with van der Waals surface area (Å²) in [6, 6.07) is 14.4. The van der Waals surface area contributed by atoms with Gasteiger partial charge in [0.1, 0.15) is 12.4 Å². The van der Waals surface area contributed by atoms with Gasteiger partial charge in [-0.1, -0.05) is 23.5 Å². The Bertz CT molecular complexity index is 1970. The highest BCUT2D eigenvalue weighted by atomic mass is 127. The Morgan fingerprint density at radius 2 is 1.89 bits per heavy atom. The van der Waals surface area contributed by atoms with Crippen molar-refractivity contribution in [3.05, 3.63) is 128 Å². The third-order valence-electron chi connectivity index (χ3n) is 6.78. The second-order valence-electron chi connectivity index (χ2n) is 9.60. The lowest BCUT2D eigenvalue weighted by Crippen LogP contribution is -2.39. The van der Waals surface area contributed by atoms with Crippen LogP contribution in [0.1, 0.15) is 36.6 Å². The Hall–Kier alpha value is -4.37. The standard InChI is InChI=1S/C31H25FIN3O7S/c1-4-42-30(38)26-17(2)34-31-35(27(26)20-7-9-21(32)10-8-20)29(37)25(44-31)15-19-13-23(33)28(24(14-19)41-3)43-16-18-5-11-22(12-6-18)36(39)40/h5-15,27H,4,16H2,1-3H3/b25-15-/t27-/m1/s1. The number of hydrogen-bond donors (Lipinski definition) is 0. The molecule has 4 aromatic rings. The smallest absolute Gasteiger partial charge is 0.338 e. The van der Waals surface area contributed by atoms with Gasteiger partial charge < -0.3 is 14.2 Å². The third-order valence-corrected chi connectivity index (χ3v) is 8.57. The Kier molecular flexibility index (Phi) is 9.25. The molecule has 0 spiro atoms. The molecule has 0 radical (unpaired) electrons. The molecule has 0 aliphatic carbocycles. The Morgan fingerprint density at radius 3 is 2.52 bits per heavy atom. The molecule has 1 aromatic heterocycles. The molecule has 1 aliphatic heterocycles. The Balaban J connectivity index is 1.53. The zero-order valence-corrected chi connectivity index (χ0v) is 26.7. The highest BCUT2D eigenvalue weighted by molar-refractivity contribution is 14.1. The number of thiazole rings is 1. The van der Waals surface area contributed by atoms with E-state index in [1.54, 1.807) is 38.1 Å². The van der Waals surface area contributed by atoms with E-state index in [2.05, 4.69) is 27.6 Å². The monoisotopic (exact) mass is 729 g/mol. The van der Waals surface area contributed by atoms with E-state index in [1.165, 1.54) is 59.4 Å². The second-order valence-corrected chi connectivity index (χ2v) is 11.8. The maximum atomic E-state index is 13.9. The average molecular weight is 730 g/mol. The van der Waals surface area contributed by atoms with Crippen molar-refractivity contribution in [3.63, 3.8) is 0 Å². The number of ether oxygens (including phenoxy) is 3. The molecule has 1 atom stereocenters. The van der Waals surface area contributed by atoms with Crippen molar-refractivity contribution in [1.29, 1.82) is 0 Å². The Morgan fingerprint density at radius 1 is 1.18 bits per heavy atom. The van der Waals surface area contributed by atoms with E-state index in [-0.39, 0.29) is 30.0 Å². The van der Waals surface area contributed by atoms with Crippen LogP contribution in [-0.2, 0) is 16.1 Å². The summed E-state index contributed by atoms with van der Waals surface area (Å²) in [4.78, 5) is 42.3. The first-order valence-electron chi connectivity index (χ1n) is 13.3. The lowest BCUT2D eigenvalue weighted by Gasteiger charge is -2.24. The maximum Gasteiger partial charge on any atom is 0.338 e. The van der Waals surface area contributed by atoms with E-state index >= 15 is 0 Å². The predicted octanol–water partition coefficient (Wildman–Crippen LogP) is 5.04. The van der Waals surface area contributed by atoms with Crippen LogP contribution in [0.3, 0.4) is 0 Å². The van der Waals surface area contributed by atoms with Crippen molar-refractivity contribution in [3.8, 4) is 11.5 Å². The van der Waals surface area contributed by atoms with Gasteiger partial charge in [-0.25, -0.2) is 14.2 Å². The number of carbonyl (C=O) groups excluding carboxylic acids is 1. The van der Waals surface area contributed by atoms with Crippen LogP contribution in [0.15, 0.2) is 81.7 Å². The number of methoxy groups -OCH3 is 1. The molecular formula is C31H25FIN3O7S. The molecular weight excluding hydrogens is 704 g/mol. The van der Waals surface area contributed by atoms with E-state index < -0.39 is 22.8 Å². The molecule has 0 bridgehead atoms. The van der Waals surface area contributed by atoms with Gasteiger partial charge in [0.05, 0.1) is 44.1 Å². The number of halogens is 2. The van der Waals surface area contributed by atoms with Gasteiger partial charge in [0.15, 0.2) is 16.3 Å². The number of nitro benzene ring substituents is 1. The number of rotatable bonds is 9. The summed E-state index contributed by atoms with van der Waals surface area (Å²) < 4.78 is 33.2. The number of allylic oxidation sites excluding steroid dienone is 1. The predicted molar refractivity (Wildman–Crippen MR) is 170 cm³/mol. The van der Waals surface area contributed by atoms with Gasteiger partial charge in [-0.15, -0.1) is 0 Å². The number of nitrogens with zero attached hydrogens (tertiary/aromatic N) is 3. The molecule has 0 saturated heterocycles. The van der Waals surface area contributed by atoms with Crippen LogP contribution in [0.25, 0.3) is 6.08 Å². The van der Waals surface area contributed by atoms with Gasteiger partial charge in [0.25, 0.3) is 11.2 Å². The largest absolute Gasteiger partial charge is 0.493 e. The summed E-state index contributed by atoms with van der Waals surface area (Å²) in [5.41, 5.74) is 2.20. The Labute approximate surface area is 268 Å². The van der Waals surface area contributed by atoms with Gasteiger partial charge in [-0.05, 0) is 95.6 Å². The zero-order chi connectivity index (χ0) is 31.5. The highest BCUT2D eigenvalue weighted by Crippen LogP contribution is 2.35. The molecule has 0 N–H and O–H groups in total. The second kappa shape index (κ2) is 13.1. The van der Waals surface area contributed by atoms with Crippen LogP contribution in [0.5, 0.6) is 11.5 Å². The van der Waals surface area contributed by atoms with Crippen molar-refractivity contribution >= 4 is 51.7 Å². The fourth-order valence-corrected chi connectivity index (χ4v) is 6.56.